The predicted molar refractivity (Wildman–Crippen MR) is 66.7 cm³/mol. The third kappa shape index (κ3) is 1.82. The van der Waals surface area contributed by atoms with Crippen LogP contribution in [0.4, 0.5) is 5.69 Å². The summed E-state index contributed by atoms with van der Waals surface area (Å²) in [5, 5.41) is 1.04. The molecule has 1 heterocycles. The second-order valence-electron chi connectivity index (χ2n) is 3.60. The van der Waals surface area contributed by atoms with Crippen molar-refractivity contribution in [3.8, 4) is 0 Å². The Labute approximate surface area is 96.8 Å². The number of hydrogen-bond acceptors (Lipinski definition) is 3. The molecule has 4 heteroatoms. The summed E-state index contributed by atoms with van der Waals surface area (Å²) >= 11 is 3.51. The van der Waals surface area contributed by atoms with Crippen LogP contribution >= 0.6 is 15.9 Å². The molecule has 0 radical (unpaired) electrons. The lowest BCUT2D eigenvalue weighted by Gasteiger charge is -2.09. The fourth-order valence-electron chi connectivity index (χ4n) is 1.67. The minimum atomic E-state index is 0.905. The van der Waals surface area contributed by atoms with E-state index >= 15 is 0 Å². The van der Waals surface area contributed by atoms with Gasteiger partial charge in [0.2, 0.25) is 0 Å². The molecule has 0 aliphatic rings. The number of nitrogen functional groups attached to an aromatic ring is 1. The molecule has 0 aliphatic carbocycles. The van der Waals surface area contributed by atoms with Crippen LogP contribution in [0.3, 0.4) is 0 Å². The fourth-order valence-corrected chi connectivity index (χ4v) is 2.33. The highest BCUT2D eigenvalue weighted by Gasteiger charge is 2.06. The van der Waals surface area contributed by atoms with Crippen LogP contribution in [-0.2, 0) is 0 Å². The summed E-state index contributed by atoms with van der Waals surface area (Å²) in [5.41, 5.74) is 6.67. The molecule has 0 spiro atoms. The summed E-state index contributed by atoms with van der Waals surface area (Å²) in [6.45, 7) is 4.00. The van der Waals surface area contributed by atoms with Crippen LogP contribution in [0.5, 0.6) is 0 Å². The first-order valence-corrected chi connectivity index (χ1v) is 5.45. The number of fused-ring (bicyclic) bond motifs is 1. The zero-order chi connectivity index (χ0) is 11.0. The number of anilines is 1. The zero-order valence-corrected chi connectivity index (χ0v) is 10.2. The molecule has 0 saturated carbocycles. The number of nitrogens with one attached hydrogen (secondary N) is 1. The van der Waals surface area contributed by atoms with Crippen molar-refractivity contribution in [2.24, 2.45) is 5.84 Å². The molecule has 0 bridgehead atoms. The number of rotatable bonds is 1. The average Bonchev–Trinajstić information content (AvgIpc) is 2.18. The van der Waals surface area contributed by atoms with Gasteiger partial charge in [0.05, 0.1) is 11.2 Å². The fraction of sp³-hybridized carbons (Fsp3) is 0.182. The summed E-state index contributed by atoms with van der Waals surface area (Å²) in [6, 6.07) is 6.06. The highest BCUT2D eigenvalue weighted by atomic mass is 79.9. The lowest BCUT2D eigenvalue weighted by atomic mass is 10.1. The van der Waals surface area contributed by atoms with Crippen LogP contribution in [0.1, 0.15) is 11.3 Å². The number of aromatic nitrogens is 1. The molecule has 0 saturated heterocycles. The van der Waals surface area contributed by atoms with Gasteiger partial charge in [-0.1, -0.05) is 0 Å². The first-order chi connectivity index (χ1) is 7.11. The minimum absolute atomic E-state index is 0.905. The van der Waals surface area contributed by atoms with Gasteiger partial charge in [0.25, 0.3) is 0 Å². The van der Waals surface area contributed by atoms with Crippen molar-refractivity contribution in [1.82, 2.24) is 4.98 Å². The Balaban J connectivity index is 2.89. The lowest BCUT2D eigenvalue weighted by Crippen LogP contribution is -2.08. The Bertz CT molecular complexity index is 523. The third-order valence-corrected chi connectivity index (χ3v) is 2.90. The van der Waals surface area contributed by atoms with Gasteiger partial charge in [-0.2, -0.15) is 0 Å². The van der Waals surface area contributed by atoms with Gasteiger partial charge in [0.15, 0.2) is 0 Å². The maximum absolute atomic E-state index is 5.49. The van der Waals surface area contributed by atoms with Crippen LogP contribution in [0.2, 0.25) is 0 Å². The smallest absolute Gasteiger partial charge is 0.0868 e. The Kier molecular flexibility index (Phi) is 2.63. The molecule has 0 aliphatic heterocycles. The molecule has 15 heavy (non-hydrogen) atoms. The maximum atomic E-state index is 5.49. The molecule has 1 aromatic heterocycles. The molecule has 1 aromatic carbocycles. The van der Waals surface area contributed by atoms with E-state index in [1.807, 2.05) is 19.9 Å². The van der Waals surface area contributed by atoms with Crippen LogP contribution in [0.25, 0.3) is 10.9 Å². The van der Waals surface area contributed by atoms with E-state index < -0.39 is 0 Å². The molecule has 0 amide bonds. The molecule has 0 unspecified atom stereocenters. The minimum Gasteiger partial charge on any atom is -0.323 e. The summed E-state index contributed by atoms with van der Waals surface area (Å²) in [5.74, 6) is 5.49. The SMILES string of the molecule is Cc1cc(Br)c2nc(C)cc(NN)c2c1. The number of hydrazine groups is 1. The van der Waals surface area contributed by atoms with Crippen molar-refractivity contribution in [3.05, 3.63) is 33.9 Å². The third-order valence-electron chi connectivity index (χ3n) is 2.29. The number of halogens is 1. The maximum Gasteiger partial charge on any atom is 0.0868 e. The van der Waals surface area contributed by atoms with Gasteiger partial charge in [-0.05, 0) is 53.5 Å². The molecule has 2 rings (SSSR count). The first kappa shape index (κ1) is 10.4. The van der Waals surface area contributed by atoms with Gasteiger partial charge in [-0.3, -0.25) is 10.8 Å². The summed E-state index contributed by atoms with van der Waals surface area (Å²) in [4.78, 5) is 4.48. The second kappa shape index (κ2) is 3.79. The average molecular weight is 266 g/mol. The molecule has 0 fully saturated rings. The predicted octanol–water partition coefficient (Wildman–Crippen LogP) is 2.90. The van der Waals surface area contributed by atoms with E-state index in [2.05, 4.69) is 38.5 Å². The van der Waals surface area contributed by atoms with Crippen LogP contribution < -0.4 is 11.3 Å². The van der Waals surface area contributed by atoms with Crippen molar-refractivity contribution < 1.29 is 0 Å². The number of nitrogens with two attached hydrogens (primary N) is 1. The highest BCUT2D eigenvalue weighted by Crippen LogP contribution is 2.29. The Hall–Kier alpha value is -1.13. The number of nitrogens with zero attached hydrogens (tertiary/aromatic N) is 1. The summed E-state index contributed by atoms with van der Waals surface area (Å²) in [7, 11) is 0. The van der Waals surface area contributed by atoms with Gasteiger partial charge < -0.3 is 5.43 Å². The van der Waals surface area contributed by atoms with Crippen molar-refractivity contribution in [3.63, 3.8) is 0 Å². The highest BCUT2D eigenvalue weighted by molar-refractivity contribution is 9.10. The van der Waals surface area contributed by atoms with Crippen LogP contribution in [0.15, 0.2) is 22.7 Å². The van der Waals surface area contributed by atoms with Crippen molar-refractivity contribution in [2.45, 2.75) is 13.8 Å². The number of pyridine rings is 1. The number of hydrogen-bond donors (Lipinski definition) is 2. The molecule has 0 atom stereocenters. The molecule has 2 aromatic rings. The van der Waals surface area contributed by atoms with Crippen molar-refractivity contribution in [2.75, 3.05) is 5.43 Å². The zero-order valence-electron chi connectivity index (χ0n) is 8.63. The monoisotopic (exact) mass is 265 g/mol. The van der Waals surface area contributed by atoms with Crippen LogP contribution in [-0.4, -0.2) is 4.98 Å². The van der Waals surface area contributed by atoms with E-state index in [1.165, 1.54) is 5.56 Å². The molecule has 3 nitrogen and oxygen atoms in total. The standard InChI is InChI=1S/C11H12BrN3/c1-6-3-8-10(15-13)5-7(2)14-11(8)9(12)4-6/h3-5H,13H2,1-2H3,(H,14,15). The summed E-state index contributed by atoms with van der Waals surface area (Å²) < 4.78 is 0.998. The van der Waals surface area contributed by atoms with Gasteiger partial charge in [-0.15, -0.1) is 0 Å². The van der Waals surface area contributed by atoms with Gasteiger partial charge in [0.1, 0.15) is 0 Å². The Morgan fingerprint density at radius 3 is 2.67 bits per heavy atom. The largest absolute Gasteiger partial charge is 0.323 e. The van der Waals surface area contributed by atoms with Crippen molar-refractivity contribution >= 4 is 32.5 Å². The van der Waals surface area contributed by atoms with Gasteiger partial charge >= 0.3 is 0 Å². The van der Waals surface area contributed by atoms with E-state index in [4.69, 9.17) is 5.84 Å². The molecular formula is C11H12BrN3. The molecule has 3 N–H and O–H groups in total. The summed E-state index contributed by atoms with van der Waals surface area (Å²) in [6.07, 6.45) is 0. The van der Waals surface area contributed by atoms with Crippen LogP contribution in [0, 0.1) is 13.8 Å². The second-order valence-corrected chi connectivity index (χ2v) is 4.45. The number of aryl methyl sites for hydroxylation is 2. The lowest BCUT2D eigenvalue weighted by molar-refractivity contribution is 1.23. The van der Waals surface area contributed by atoms with Gasteiger partial charge in [-0.25, -0.2) is 0 Å². The normalized spacial score (nSPS) is 10.7. The number of benzene rings is 1. The van der Waals surface area contributed by atoms with Gasteiger partial charge in [0, 0.05) is 15.6 Å². The van der Waals surface area contributed by atoms with E-state index in [9.17, 15) is 0 Å². The Morgan fingerprint density at radius 1 is 1.27 bits per heavy atom. The van der Waals surface area contributed by atoms with E-state index in [-0.39, 0.29) is 0 Å². The van der Waals surface area contributed by atoms with E-state index in [0.29, 0.717) is 0 Å². The van der Waals surface area contributed by atoms with E-state index in [1.54, 1.807) is 0 Å². The molecular weight excluding hydrogens is 254 g/mol. The Morgan fingerprint density at radius 2 is 2.00 bits per heavy atom. The van der Waals surface area contributed by atoms with Crippen molar-refractivity contribution in [1.29, 1.82) is 0 Å². The van der Waals surface area contributed by atoms with E-state index in [0.717, 1.165) is 26.8 Å². The molecule has 78 valence electrons. The first-order valence-electron chi connectivity index (χ1n) is 4.66. The quantitative estimate of drug-likeness (QED) is 0.616. The topological polar surface area (TPSA) is 50.9 Å².